The van der Waals surface area contributed by atoms with Crippen LogP contribution in [0.1, 0.15) is 19.8 Å². The first kappa shape index (κ1) is 19.2. The van der Waals surface area contributed by atoms with E-state index >= 15 is 0 Å². The predicted molar refractivity (Wildman–Crippen MR) is 104 cm³/mol. The number of hydrogen-bond acceptors (Lipinski definition) is 4. The molecule has 1 aliphatic rings. The van der Waals surface area contributed by atoms with Gasteiger partial charge in [0.1, 0.15) is 5.75 Å². The van der Waals surface area contributed by atoms with Crippen molar-refractivity contribution in [2.24, 2.45) is 0 Å². The van der Waals surface area contributed by atoms with Crippen molar-refractivity contribution in [3.05, 3.63) is 54.6 Å². The summed E-state index contributed by atoms with van der Waals surface area (Å²) in [7, 11) is -3.66. The van der Waals surface area contributed by atoms with Crippen molar-refractivity contribution in [3.63, 3.8) is 0 Å². The average Bonchev–Trinajstić information content (AvgIpc) is 3.22. The fraction of sp³-hybridized carbons (Fsp3) is 0.350. The maximum Gasteiger partial charge on any atom is 0.264 e. The molecule has 0 aliphatic carbocycles. The molecular formula is C20H24N2O4S. The lowest BCUT2D eigenvalue weighted by molar-refractivity contribution is -0.132. The fourth-order valence-corrected chi connectivity index (χ4v) is 4.60. The number of hydrogen-bond donors (Lipinski definition) is 0. The van der Waals surface area contributed by atoms with E-state index in [4.69, 9.17) is 4.74 Å². The summed E-state index contributed by atoms with van der Waals surface area (Å²) in [5, 5.41) is 0. The van der Waals surface area contributed by atoms with Crippen LogP contribution in [0.4, 0.5) is 5.69 Å². The van der Waals surface area contributed by atoms with Crippen LogP contribution < -0.4 is 9.04 Å². The lowest BCUT2D eigenvalue weighted by Gasteiger charge is -2.23. The van der Waals surface area contributed by atoms with Crippen LogP contribution in [0.15, 0.2) is 59.5 Å². The van der Waals surface area contributed by atoms with Gasteiger partial charge in [0.15, 0.2) is 6.61 Å². The van der Waals surface area contributed by atoms with Gasteiger partial charge in [0, 0.05) is 19.6 Å². The lowest BCUT2D eigenvalue weighted by Crippen LogP contribution is -2.32. The number of ether oxygens (including phenoxy) is 1. The van der Waals surface area contributed by atoms with E-state index < -0.39 is 10.0 Å². The Balaban J connectivity index is 1.69. The SMILES string of the molecule is CCN(c1ccccc1)S(=O)(=O)c1ccc(OCC(=O)N2CCCC2)cc1. The molecule has 6 nitrogen and oxygen atoms in total. The molecule has 0 radical (unpaired) electrons. The van der Waals surface area contributed by atoms with Crippen molar-refractivity contribution in [3.8, 4) is 5.75 Å². The van der Waals surface area contributed by atoms with Crippen LogP contribution >= 0.6 is 0 Å². The van der Waals surface area contributed by atoms with Crippen LogP contribution in [0.2, 0.25) is 0 Å². The Morgan fingerprint density at radius 2 is 1.67 bits per heavy atom. The number of anilines is 1. The molecule has 1 fully saturated rings. The number of sulfonamides is 1. The number of likely N-dealkylation sites (tertiary alicyclic amines) is 1. The number of amides is 1. The number of carbonyl (C=O) groups excluding carboxylic acids is 1. The average molecular weight is 388 g/mol. The normalized spacial score (nSPS) is 14.2. The molecule has 1 aliphatic heterocycles. The molecule has 0 saturated carbocycles. The Bertz CT molecular complexity index is 861. The maximum absolute atomic E-state index is 12.9. The molecule has 1 heterocycles. The first-order chi connectivity index (χ1) is 13.0. The van der Waals surface area contributed by atoms with E-state index in [0.29, 0.717) is 18.0 Å². The van der Waals surface area contributed by atoms with Gasteiger partial charge in [-0.1, -0.05) is 18.2 Å². The Morgan fingerprint density at radius 1 is 1.04 bits per heavy atom. The van der Waals surface area contributed by atoms with Crippen molar-refractivity contribution in [2.75, 3.05) is 30.5 Å². The third-order valence-electron chi connectivity index (χ3n) is 4.56. The van der Waals surface area contributed by atoms with Crippen molar-refractivity contribution < 1.29 is 17.9 Å². The summed E-state index contributed by atoms with van der Waals surface area (Å²) in [4.78, 5) is 14.0. The third kappa shape index (κ3) is 4.42. The van der Waals surface area contributed by atoms with Gasteiger partial charge in [0.2, 0.25) is 0 Å². The third-order valence-corrected chi connectivity index (χ3v) is 6.48. The maximum atomic E-state index is 12.9. The molecule has 0 spiro atoms. The van der Waals surface area contributed by atoms with E-state index in [1.165, 1.54) is 16.4 Å². The van der Waals surface area contributed by atoms with Gasteiger partial charge in [-0.15, -0.1) is 0 Å². The Hall–Kier alpha value is -2.54. The zero-order valence-electron chi connectivity index (χ0n) is 15.4. The number of benzene rings is 2. The summed E-state index contributed by atoms with van der Waals surface area (Å²) >= 11 is 0. The molecule has 1 saturated heterocycles. The first-order valence-electron chi connectivity index (χ1n) is 9.11. The van der Waals surface area contributed by atoms with E-state index in [0.717, 1.165) is 25.9 Å². The molecule has 27 heavy (non-hydrogen) atoms. The highest BCUT2D eigenvalue weighted by Crippen LogP contribution is 2.24. The zero-order valence-corrected chi connectivity index (χ0v) is 16.2. The number of rotatable bonds is 7. The molecule has 0 aromatic heterocycles. The Labute approximate surface area is 160 Å². The molecule has 7 heteroatoms. The van der Waals surface area contributed by atoms with Crippen LogP contribution in [0, 0.1) is 0 Å². The second-order valence-electron chi connectivity index (χ2n) is 6.35. The standard InChI is InChI=1S/C20H24N2O4S/c1-2-22(17-8-4-3-5-9-17)27(24,25)19-12-10-18(11-13-19)26-16-20(23)21-14-6-7-15-21/h3-5,8-13H,2,6-7,14-16H2,1H3. The van der Waals surface area contributed by atoms with Crippen molar-refractivity contribution >= 4 is 21.6 Å². The second-order valence-corrected chi connectivity index (χ2v) is 8.22. The molecular weight excluding hydrogens is 364 g/mol. The van der Waals surface area contributed by atoms with Crippen LogP contribution in [0.5, 0.6) is 5.75 Å². The highest BCUT2D eigenvalue weighted by molar-refractivity contribution is 7.92. The quantitative estimate of drug-likeness (QED) is 0.731. The van der Waals surface area contributed by atoms with Crippen LogP contribution in [0.25, 0.3) is 0 Å². The summed E-state index contributed by atoms with van der Waals surface area (Å²) in [5.41, 5.74) is 0.622. The van der Waals surface area contributed by atoms with Gasteiger partial charge in [-0.05, 0) is 56.2 Å². The van der Waals surface area contributed by atoms with E-state index in [1.54, 1.807) is 36.1 Å². The van der Waals surface area contributed by atoms with Gasteiger partial charge in [-0.3, -0.25) is 9.10 Å². The largest absolute Gasteiger partial charge is 0.484 e. The fourth-order valence-electron chi connectivity index (χ4n) is 3.12. The summed E-state index contributed by atoms with van der Waals surface area (Å²) < 4.78 is 32.8. The topological polar surface area (TPSA) is 66.9 Å². The van der Waals surface area contributed by atoms with Gasteiger partial charge in [0.05, 0.1) is 10.6 Å². The highest BCUT2D eigenvalue weighted by Gasteiger charge is 2.23. The molecule has 0 unspecified atom stereocenters. The summed E-state index contributed by atoms with van der Waals surface area (Å²) in [6.45, 7) is 3.66. The lowest BCUT2D eigenvalue weighted by atomic mass is 10.3. The smallest absolute Gasteiger partial charge is 0.264 e. The number of para-hydroxylation sites is 1. The number of carbonyl (C=O) groups is 1. The predicted octanol–water partition coefficient (Wildman–Crippen LogP) is 2.90. The molecule has 2 aromatic carbocycles. The first-order valence-corrected chi connectivity index (χ1v) is 10.5. The molecule has 3 rings (SSSR count). The minimum absolute atomic E-state index is 0.0306. The van der Waals surface area contributed by atoms with Crippen molar-refractivity contribution in [1.82, 2.24) is 4.90 Å². The molecule has 2 aromatic rings. The van der Waals surface area contributed by atoms with Crippen LogP contribution in [-0.4, -0.2) is 45.5 Å². The van der Waals surface area contributed by atoms with Gasteiger partial charge < -0.3 is 9.64 Å². The molecule has 144 valence electrons. The number of nitrogens with zero attached hydrogens (tertiary/aromatic N) is 2. The second kappa shape index (κ2) is 8.43. The summed E-state index contributed by atoms with van der Waals surface area (Å²) in [6.07, 6.45) is 2.07. The molecule has 0 atom stereocenters. The molecule has 0 N–H and O–H groups in total. The van der Waals surface area contributed by atoms with E-state index in [1.807, 2.05) is 18.2 Å². The van der Waals surface area contributed by atoms with Gasteiger partial charge in [-0.2, -0.15) is 0 Å². The highest BCUT2D eigenvalue weighted by atomic mass is 32.2. The van der Waals surface area contributed by atoms with Gasteiger partial charge in [-0.25, -0.2) is 8.42 Å². The van der Waals surface area contributed by atoms with E-state index in [2.05, 4.69) is 0 Å². The zero-order chi connectivity index (χ0) is 19.3. The van der Waals surface area contributed by atoms with E-state index in [9.17, 15) is 13.2 Å². The molecule has 0 bridgehead atoms. The van der Waals surface area contributed by atoms with Crippen LogP contribution in [-0.2, 0) is 14.8 Å². The van der Waals surface area contributed by atoms with Crippen molar-refractivity contribution in [1.29, 1.82) is 0 Å². The van der Waals surface area contributed by atoms with Gasteiger partial charge >= 0.3 is 0 Å². The summed E-state index contributed by atoms with van der Waals surface area (Å²) in [5.74, 6) is 0.440. The van der Waals surface area contributed by atoms with Gasteiger partial charge in [0.25, 0.3) is 15.9 Å². The van der Waals surface area contributed by atoms with E-state index in [-0.39, 0.29) is 17.4 Å². The monoisotopic (exact) mass is 388 g/mol. The minimum Gasteiger partial charge on any atom is -0.484 e. The summed E-state index contributed by atoms with van der Waals surface area (Å²) in [6, 6.07) is 15.2. The van der Waals surface area contributed by atoms with Crippen LogP contribution in [0.3, 0.4) is 0 Å². The van der Waals surface area contributed by atoms with Crippen molar-refractivity contribution in [2.45, 2.75) is 24.7 Å². The Morgan fingerprint density at radius 3 is 2.26 bits per heavy atom. The molecule has 1 amide bonds. The minimum atomic E-state index is -3.66. The Kier molecular flexibility index (Phi) is 6.01.